The van der Waals surface area contributed by atoms with Gasteiger partial charge in [0.1, 0.15) is 0 Å². The first-order valence-electron chi connectivity index (χ1n) is 5.78. The number of carbonyl (C=O) groups excluding carboxylic acids is 1. The zero-order chi connectivity index (χ0) is 12.1. The number of aliphatic carboxylic acids is 1. The van der Waals surface area contributed by atoms with E-state index in [4.69, 9.17) is 5.11 Å². The summed E-state index contributed by atoms with van der Waals surface area (Å²) in [6.45, 7) is 4.99. The highest BCUT2D eigenvalue weighted by Gasteiger charge is 2.28. The lowest BCUT2D eigenvalue weighted by Gasteiger charge is -2.29. The smallest absolute Gasteiger partial charge is 0.307 e. The van der Waals surface area contributed by atoms with E-state index in [9.17, 15) is 9.59 Å². The predicted octanol–water partition coefficient (Wildman–Crippen LogP) is 0.211. The van der Waals surface area contributed by atoms with Gasteiger partial charge in [-0.15, -0.1) is 0 Å². The number of carboxylic acid groups (broad SMARTS) is 1. The van der Waals surface area contributed by atoms with E-state index in [1.165, 1.54) is 0 Å². The van der Waals surface area contributed by atoms with Gasteiger partial charge >= 0.3 is 5.97 Å². The molecule has 5 nitrogen and oxygen atoms in total. The van der Waals surface area contributed by atoms with Gasteiger partial charge in [0.05, 0.1) is 5.92 Å². The van der Waals surface area contributed by atoms with E-state index < -0.39 is 11.9 Å². The van der Waals surface area contributed by atoms with Gasteiger partial charge in [-0.2, -0.15) is 0 Å². The van der Waals surface area contributed by atoms with E-state index in [1.54, 1.807) is 0 Å². The quantitative estimate of drug-likeness (QED) is 0.643. The third-order valence-electron chi connectivity index (χ3n) is 3.11. The van der Waals surface area contributed by atoms with Crippen molar-refractivity contribution in [3.05, 3.63) is 0 Å². The number of piperidine rings is 1. The first kappa shape index (κ1) is 13.0. The average molecular weight is 228 g/mol. The summed E-state index contributed by atoms with van der Waals surface area (Å²) in [6, 6.07) is -0.0589. The van der Waals surface area contributed by atoms with Crippen LogP contribution in [0.15, 0.2) is 0 Å². The summed E-state index contributed by atoms with van der Waals surface area (Å²) in [6.07, 6.45) is 1.32. The second-order valence-electron chi connectivity index (χ2n) is 4.44. The van der Waals surface area contributed by atoms with Gasteiger partial charge < -0.3 is 15.7 Å². The molecule has 3 N–H and O–H groups in total. The molecule has 1 aliphatic heterocycles. The molecule has 1 rings (SSSR count). The van der Waals surface area contributed by atoms with Crippen molar-refractivity contribution in [3.63, 3.8) is 0 Å². The number of carboxylic acids is 1. The van der Waals surface area contributed by atoms with Crippen LogP contribution < -0.4 is 10.6 Å². The minimum atomic E-state index is -0.796. The van der Waals surface area contributed by atoms with E-state index in [0.29, 0.717) is 19.5 Å². The first-order chi connectivity index (χ1) is 7.54. The molecule has 5 heteroatoms. The lowest BCUT2D eigenvalue weighted by Crippen LogP contribution is -2.51. The van der Waals surface area contributed by atoms with Crippen molar-refractivity contribution in [3.8, 4) is 0 Å². The standard InChI is InChI=1S/C11H20N2O3/c1-3-7(2)10(14)13-9-4-8(11(15)16)5-12-6-9/h7-9,12H,3-6H2,1-2H3,(H,13,14)(H,15,16). The predicted molar refractivity (Wildman–Crippen MR) is 60.0 cm³/mol. The number of amides is 1. The van der Waals surface area contributed by atoms with Gasteiger partial charge in [0.25, 0.3) is 0 Å². The highest BCUT2D eigenvalue weighted by Crippen LogP contribution is 2.12. The Morgan fingerprint density at radius 3 is 2.75 bits per heavy atom. The SMILES string of the molecule is CCC(C)C(=O)NC1CNCC(C(=O)O)C1. The minimum Gasteiger partial charge on any atom is -0.481 e. The van der Waals surface area contributed by atoms with Crippen LogP contribution in [-0.2, 0) is 9.59 Å². The highest BCUT2D eigenvalue weighted by atomic mass is 16.4. The fourth-order valence-corrected chi connectivity index (χ4v) is 1.77. The maximum Gasteiger partial charge on any atom is 0.307 e. The Bertz CT molecular complexity index is 268. The summed E-state index contributed by atoms with van der Waals surface area (Å²) >= 11 is 0. The second kappa shape index (κ2) is 5.84. The molecule has 1 heterocycles. The van der Waals surface area contributed by atoms with Crippen LogP contribution >= 0.6 is 0 Å². The number of nitrogens with one attached hydrogen (secondary N) is 2. The van der Waals surface area contributed by atoms with Crippen molar-refractivity contribution in [1.82, 2.24) is 10.6 Å². The van der Waals surface area contributed by atoms with E-state index in [1.807, 2.05) is 13.8 Å². The molecule has 92 valence electrons. The average Bonchev–Trinajstić information content (AvgIpc) is 2.28. The molecule has 1 aliphatic rings. The van der Waals surface area contributed by atoms with E-state index in [-0.39, 0.29) is 17.9 Å². The maximum atomic E-state index is 11.6. The molecule has 1 saturated heterocycles. The van der Waals surface area contributed by atoms with Crippen molar-refractivity contribution in [2.24, 2.45) is 11.8 Å². The van der Waals surface area contributed by atoms with Gasteiger partial charge in [-0.05, 0) is 12.8 Å². The van der Waals surface area contributed by atoms with Gasteiger partial charge in [-0.25, -0.2) is 0 Å². The molecule has 1 fully saturated rings. The Morgan fingerprint density at radius 2 is 2.19 bits per heavy atom. The number of hydrogen-bond donors (Lipinski definition) is 3. The third kappa shape index (κ3) is 3.48. The zero-order valence-electron chi connectivity index (χ0n) is 9.82. The number of hydrogen-bond acceptors (Lipinski definition) is 3. The van der Waals surface area contributed by atoms with E-state index in [2.05, 4.69) is 10.6 Å². The largest absolute Gasteiger partial charge is 0.481 e. The molecule has 0 aromatic carbocycles. The van der Waals surface area contributed by atoms with Crippen molar-refractivity contribution >= 4 is 11.9 Å². The van der Waals surface area contributed by atoms with E-state index >= 15 is 0 Å². The molecule has 0 saturated carbocycles. The fourth-order valence-electron chi connectivity index (χ4n) is 1.77. The van der Waals surface area contributed by atoms with Gasteiger partial charge in [-0.1, -0.05) is 13.8 Å². The molecular formula is C11H20N2O3. The topological polar surface area (TPSA) is 78.4 Å². The second-order valence-corrected chi connectivity index (χ2v) is 4.44. The monoisotopic (exact) mass is 228 g/mol. The molecule has 0 spiro atoms. The third-order valence-corrected chi connectivity index (χ3v) is 3.11. The molecule has 3 unspecified atom stereocenters. The Labute approximate surface area is 95.6 Å². The minimum absolute atomic E-state index is 0.00907. The van der Waals surface area contributed by atoms with Crippen LogP contribution in [0.3, 0.4) is 0 Å². The van der Waals surface area contributed by atoms with Crippen molar-refractivity contribution < 1.29 is 14.7 Å². The number of rotatable bonds is 4. The molecule has 0 radical (unpaired) electrons. The molecule has 3 atom stereocenters. The Morgan fingerprint density at radius 1 is 1.50 bits per heavy atom. The maximum absolute atomic E-state index is 11.6. The Hall–Kier alpha value is -1.10. The summed E-state index contributed by atoms with van der Waals surface area (Å²) in [4.78, 5) is 22.5. The van der Waals surface area contributed by atoms with Crippen LogP contribution in [0.2, 0.25) is 0 Å². The van der Waals surface area contributed by atoms with Gasteiger partial charge in [0, 0.05) is 25.0 Å². The first-order valence-corrected chi connectivity index (χ1v) is 5.78. The van der Waals surface area contributed by atoms with Crippen LogP contribution in [0.1, 0.15) is 26.7 Å². The van der Waals surface area contributed by atoms with Crippen LogP contribution in [0, 0.1) is 11.8 Å². The van der Waals surface area contributed by atoms with Crippen molar-refractivity contribution in [1.29, 1.82) is 0 Å². The fraction of sp³-hybridized carbons (Fsp3) is 0.818. The molecule has 1 amide bonds. The summed E-state index contributed by atoms with van der Waals surface area (Å²) in [5.41, 5.74) is 0. The summed E-state index contributed by atoms with van der Waals surface area (Å²) < 4.78 is 0. The molecular weight excluding hydrogens is 208 g/mol. The molecule has 0 aromatic rings. The lowest BCUT2D eigenvalue weighted by atomic mass is 9.95. The molecule has 0 aliphatic carbocycles. The Balaban J connectivity index is 2.43. The Kier molecular flexibility index (Phi) is 4.73. The van der Waals surface area contributed by atoms with Crippen LogP contribution in [-0.4, -0.2) is 36.1 Å². The molecule has 0 aromatic heterocycles. The summed E-state index contributed by atoms with van der Waals surface area (Å²) in [5.74, 6) is -1.18. The molecule has 16 heavy (non-hydrogen) atoms. The van der Waals surface area contributed by atoms with Crippen LogP contribution in [0.25, 0.3) is 0 Å². The lowest BCUT2D eigenvalue weighted by molar-refractivity contribution is -0.143. The van der Waals surface area contributed by atoms with Crippen LogP contribution in [0.5, 0.6) is 0 Å². The van der Waals surface area contributed by atoms with Gasteiger partial charge in [0.15, 0.2) is 0 Å². The zero-order valence-corrected chi connectivity index (χ0v) is 9.82. The van der Waals surface area contributed by atoms with E-state index in [0.717, 1.165) is 6.42 Å². The van der Waals surface area contributed by atoms with Crippen molar-refractivity contribution in [2.45, 2.75) is 32.7 Å². The normalized spacial score (nSPS) is 27.1. The van der Waals surface area contributed by atoms with Gasteiger partial charge in [-0.3, -0.25) is 9.59 Å². The van der Waals surface area contributed by atoms with Crippen LogP contribution in [0.4, 0.5) is 0 Å². The number of carbonyl (C=O) groups is 2. The highest BCUT2D eigenvalue weighted by molar-refractivity contribution is 5.78. The molecule has 0 bridgehead atoms. The summed E-state index contributed by atoms with van der Waals surface area (Å²) in [7, 11) is 0. The summed E-state index contributed by atoms with van der Waals surface area (Å²) in [5, 5.41) is 14.8. The van der Waals surface area contributed by atoms with Gasteiger partial charge in [0.2, 0.25) is 5.91 Å². The van der Waals surface area contributed by atoms with Crippen molar-refractivity contribution in [2.75, 3.05) is 13.1 Å².